The molecule has 7 nitrogen and oxygen atoms in total. The van der Waals surface area contributed by atoms with Crippen molar-refractivity contribution in [3.63, 3.8) is 0 Å². The summed E-state index contributed by atoms with van der Waals surface area (Å²) in [5.74, 6) is -1.99. The second kappa shape index (κ2) is 16.9. The number of esters is 1. The first kappa shape index (κ1) is 30.5. The lowest BCUT2D eigenvalue weighted by Crippen LogP contribution is -2.40. The van der Waals surface area contributed by atoms with Crippen molar-refractivity contribution in [2.24, 2.45) is 11.8 Å². The molecular formula is C31H40N2O5. The highest BCUT2D eigenvalue weighted by atomic mass is 16.5. The number of aliphatic hydroxyl groups excluding tert-OH is 1. The molecule has 0 saturated heterocycles. The van der Waals surface area contributed by atoms with Crippen molar-refractivity contribution in [1.29, 1.82) is 0 Å². The molecule has 0 heterocycles. The van der Waals surface area contributed by atoms with Gasteiger partial charge in [0.1, 0.15) is 6.10 Å². The molecule has 204 valence electrons. The highest BCUT2D eigenvalue weighted by Gasteiger charge is 2.27. The predicted octanol–water partition coefficient (Wildman–Crippen LogP) is 4.29. The minimum atomic E-state index is -0.692. The van der Waals surface area contributed by atoms with E-state index in [1.807, 2.05) is 60.7 Å². The number of rotatable bonds is 17. The summed E-state index contributed by atoms with van der Waals surface area (Å²) >= 11 is 0. The lowest BCUT2D eigenvalue weighted by atomic mass is 9.94. The van der Waals surface area contributed by atoms with Crippen LogP contribution in [0.15, 0.2) is 86.0 Å². The topological polar surface area (TPSA) is 105 Å². The van der Waals surface area contributed by atoms with Crippen molar-refractivity contribution in [1.82, 2.24) is 10.6 Å². The largest absolute Gasteiger partial charge is 0.455 e. The summed E-state index contributed by atoms with van der Waals surface area (Å²) < 4.78 is 5.99. The van der Waals surface area contributed by atoms with Gasteiger partial charge in [-0.25, -0.2) is 0 Å². The van der Waals surface area contributed by atoms with Gasteiger partial charge >= 0.3 is 5.97 Å². The molecule has 0 aromatic heterocycles. The Labute approximate surface area is 226 Å². The lowest BCUT2D eigenvalue weighted by Gasteiger charge is -2.24. The van der Waals surface area contributed by atoms with Crippen molar-refractivity contribution in [2.75, 3.05) is 13.2 Å². The normalized spacial score (nSPS) is 13.8. The van der Waals surface area contributed by atoms with Crippen molar-refractivity contribution < 1.29 is 24.2 Å². The third-order valence-electron chi connectivity index (χ3n) is 6.20. The number of aliphatic hydroxyl groups is 1. The Kier molecular flexibility index (Phi) is 13.6. The molecule has 0 fully saturated rings. The molecule has 0 unspecified atom stereocenters. The zero-order chi connectivity index (χ0) is 27.8. The standard InChI is InChI=1S/C31H40N2O5/c1-4-6-16-27(19-24-14-9-7-10-15-24)31(37)38-28(25-17-11-8-12-18-25)21-32-30(36)26(13-5-2)20-29(35)33-23(3)22-34/h4-5,7-12,14-15,17-18,23,26-28,34H,1-2,6,13,16,19-22H2,3H3,(H,32,36)(H,33,35)/t23-,26+,27+,28-/m0/s1. The van der Waals surface area contributed by atoms with Crippen LogP contribution in [0.5, 0.6) is 0 Å². The summed E-state index contributed by atoms with van der Waals surface area (Å²) in [5.41, 5.74) is 1.81. The van der Waals surface area contributed by atoms with E-state index in [-0.39, 0.29) is 43.3 Å². The molecule has 0 bridgehead atoms. The smallest absolute Gasteiger partial charge is 0.309 e. The Morgan fingerprint density at radius 2 is 1.63 bits per heavy atom. The van der Waals surface area contributed by atoms with Crippen LogP contribution in [0.3, 0.4) is 0 Å². The molecule has 7 heteroatoms. The van der Waals surface area contributed by atoms with Gasteiger partial charge in [-0.05, 0) is 43.7 Å². The fourth-order valence-electron chi connectivity index (χ4n) is 4.08. The molecule has 38 heavy (non-hydrogen) atoms. The van der Waals surface area contributed by atoms with Crippen LogP contribution in [-0.2, 0) is 25.5 Å². The fraction of sp³-hybridized carbons (Fsp3) is 0.387. The molecule has 2 amide bonds. The van der Waals surface area contributed by atoms with Crippen LogP contribution in [0, 0.1) is 11.8 Å². The Morgan fingerprint density at radius 1 is 0.974 bits per heavy atom. The highest BCUT2D eigenvalue weighted by Crippen LogP contribution is 2.23. The van der Waals surface area contributed by atoms with Crippen LogP contribution in [0.1, 0.15) is 49.8 Å². The van der Waals surface area contributed by atoms with Gasteiger partial charge in [-0.3, -0.25) is 14.4 Å². The summed E-state index contributed by atoms with van der Waals surface area (Å²) in [4.78, 5) is 38.7. The predicted molar refractivity (Wildman–Crippen MR) is 149 cm³/mol. The third kappa shape index (κ3) is 10.7. The SMILES string of the molecule is C=CCC[C@H](Cc1ccccc1)C(=O)O[C@@H](CNC(=O)[C@H](CC=C)CC(=O)N[C@@H](C)CO)c1ccccc1. The zero-order valence-corrected chi connectivity index (χ0v) is 22.2. The van der Waals surface area contributed by atoms with E-state index in [0.29, 0.717) is 25.7 Å². The number of amides is 2. The van der Waals surface area contributed by atoms with Gasteiger partial charge in [0.05, 0.1) is 25.0 Å². The van der Waals surface area contributed by atoms with E-state index in [4.69, 9.17) is 9.84 Å². The summed E-state index contributed by atoms with van der Waals surface area (Å²) in [5, 5.41) is 14.7. The second-order valence-electron chi connectivity index (χ2n) is 9.41. The summed E-state index contributed by atoms with van der Waals surface area (Å²) in [6.45, 7) is 9.04. The second-order valence-corrected chi connectivity index (χ2v) is 9.41. The fourth-order valence-corrected chi connectivity index (χ4v) is 4.08. The number of nitrogens with one attached hydrogen (secondary N) is 2. The Hall–Kier alpha value is -3.71. The molecule has 0 aliphatic heterocycles. The summed E-state index contributed by atoms with van der Waals surface area (Å²) in [6, 6.07) is 18.7. The maximum Gasteiger partial charge on any atom is 0.309 e. The minimum absolute atomic E-state index is 0.0430. The van der Waals surface area contributed by atoms with Gasteiger partial charge < -0.3 is 20.5 Å². The van der Waals surface area contributed by atoms with Crippen LogP contribution < -0.4 is 10.6 Å². The van der Waals surface area contributed by atoms with Gasteiger partial charge in [-0.2, -0.15) is 0 Å². The molecular weight excluding hydrogens is 480 g/mol. The van der Waals surface area contributed by atoms with Crippen LogP contribution >= 0.6 is 0 Å². The number of carbonyl (C=O) groups excluding carboxylic acids is 3. The van der Waals surface area contributed by atoms with E-state index in [1.165, 1.54) is 0 Å². The molecule has 4 atom stereocenters. The Bertz CT molecular complexity index is 1030. The van der Waals surface area contributed by atoms with E-state index >= 15 is 0 Å². The van der Waals surface area contributed by atoms with E-state index in [0.717, 1.165) is 11.1 Å². The number of benzene rings is 2. The molecule has 0 saturated carbocycles. The molecule has 0 radical (unpaired) electrons. The lowest BCUT2D eigenvalue weighted by molar-refractivity contribution is -0.155. The number of allylic oxidation sites excluding steroid dienone is 2. The molecule has 3 N–H and O–H groups in total. The van der Waals surface area contributed by atoms with Gasteiger partial charge in [0.15, 0.2) is 0 Å². The van der Waals surface area contributed by atoms with E-state index < -0.39 is 18.1 Å². The van der Waals surface area contributed by atoms with Gasteiger partial charge in [0, 0.05) is 12.5 Å². The maximum absolute atomic E-state index is 13.3. The maximum atomic E-state index is 13.3. The monoisotopic (exact) mass is 520 g/mol. The van der Waals surface area contributed by atoms with Crippen LogP contribution in [0.25, 0.3) is 0 Å². The molecule has 2 rings (SSSR count). The van der Waals surface area contributed by atoms with E-state index in [9.17, 15) is 14.4 Å². The van der Waals surface area contributed by atoms with Crippen LogP contribution in [0.4, 0.5) is 0 Å². The van der Waals surface area contributed by atoms with Crippen molar-refractivity contribution in [2.45, 2.75) is 51.2 Å². The van der Waals surface area contributed by atoms with Crippen LogP contribution in [0.2, 0.25) is 0 Å². The number of hydrogen-bond acceptors (Lipinski definition) is 5. The number of ether oxygens (including phenoxy) is 1. The zero-order valence-electron chi connectivity index (χ0n) is 22.2. The first-order valence-electron chi connectivity index (χ1n) is 13.1. The van der Waals surface area contributed by atoms with E-state index in [1.54, 1.807) is 19.1 Å². The van der Waals surface area contributed by atoms with Gasteiger partial charge in [0.25, 0.3) is 0 Å². The van der Waals surface area contributed by atoms with Gasteiger partial charge in [-0.1, -0.05) is 72.8 Å². The summed E-state index contributed by atoms with van der Waals surface area (Å²) in [7, 11) is 0. The quantitative estimate of drug-likeness (QED) is 0.213. The average molecular weight is 521 g/mol. The minimum Gasteiger partial charge on any atom is -0.455 e. The van der Waals surface area contributed by atoms with Gasteiger partial charge in [-0.15, -0.1) is 13.2 Å². The third-order valence-corrected chi connectivity index (χ3v) is 6.20. The molecule has 0 aliphatic rings. The average Bonchev–Trinajstić information content (AvgIpc) is 2.93. The molecule has 2 aromatic carbocycles. The first-order valence-corrected chi connectivity index (χ1v) is 13.1. The molecule has 2 aromatic rings. The number of carbonyl (C=O) groups is 3. The van der Waals surface area contributed by atoms with Crippen molar-refractivity contribution in [3.8, 4) is 0 Å². The Morgan fingerprint density at radius 3 is 2.24 bits per heavy atom. The number of hydrogen-bond donors (Lipinski definition) is 3. The Balaban J connectivity index is 2.12. The van der Waals surface area contributed by atoms with Crippen LogP contribution in [-0.4, -0.2) is 42.1 Å². The van der Waals surface area contributed by atoms with Crippen molar-refractivity contribution >= 4 is 17.8 Å². The molecule has 0 aliphatic carbocycles. The highest BCUT2D eigenvalue weighted by molar-refractivity contribution is 5.86. The van der Waals surface area contributed by atoms with Crippen molar-refractivity contribution in [3.05, 3.63) is 97.1 Å². The van der Waals surface area contributed by atoms with Gasteiger partial charge in [0.2, 0.25) is 11.8 Å². The first-order chi connectivity index (χ1) is 18.4. The summed E-state index contributed by atoms with van der Waals surface area (Å²) in [6.07, 6.45) is 4.79. The molecule has 0 spiro atoms. The van der Waals surface area contributed by atoms with E-state index in [2.05, 4.69) is 23.8 Å².